The molecule has 13 heavy (non-hydrogen) atoms. The summed E-state index contributed by atoms with van der Waals surface area (Å²) < 4.78 is 0.785. The van der Waals surface area contributed by atoms with E-state index in [0.29, 0.717) is 11.8 Å². The first kappa shape index (κ1) is 12.1. The predicted molar refractivity (Wildman–Crippen MR) is 54.0 cm³/mol. The maximum absolute atomic E-state index is 10.2. The second-order valence-corrected chi connectivity index (χ2v) is 3.05. The zero-order valence-electron chi connectivity index (χ0n) is 7.20. The minimum Gasteiger partial charge on any atom is -0.507 e. The van der Waals surface area contributed by atoms with Crippen LogP contribution in [0.1, 0.15) is 17.3 Å². The first-order chi connectivity index (χ1) is 6.15. The van der Waals surface area contributed by atoms with E-state index in [9.17, 15) is 4.79 Å². The summed E-state index contributed by atoms with van der Waals surface area (Å²) in [5.41, 5.74) is 0.300. The summed E-state index contributed by atoms with van der Waals surface area (Å²) in [5, 5.41) is 16.6. The fraction of sp³-hybridized carbons (Fsp3) is 0.222. The van der Waals surface area contributed by atoms with Crippen LogP contribution in [0.4, 0.5) is 0 Å². The highest BCUT2D eigenvalue weighted by molar-refractivity contribution is 9.10. The molecule has 0 aromatic heterocycles. The van der Waals surface area contributed by atoms with Gasteiger partial charge in [0.1, 0.15) is 5.75 Å². The molecule has 0 bridgehead atoms. The SMILES string of the molecule is CCO.O=Cc1cc(Br)ccc1O. The van der Waals surface area contributed by atoms with Gasteiger partial charge in [0.15, 0.2) is 6.29 Å². The van der Waals surface area contributed by atoms with Gasteiger partial charge in [-0.1, -0.05) is 15.9 Å². The van der Waals surface area contributed by atoms with E-state index in [4.69, 9.17) is 10.2 Å². The number of aldehydes is 1. The smallest absolute Gasteiger partial charge is 0.153 e. The molecule has 3 nitrogen and oxygen atoms in total. The van der Waals surface area contributed by atoms with E-state index in [1.54, 1.807) is 19.1 Å². The van der Waals surface area contributed by atoms with Crippen LogP contribution >= 0.6 is 15.9 Å². The molecule has 0 aliphatic heterocycles. The molecule has 0 unspecified atom stereocenters. The maximum atomic E-state index is 10.2. The van der Waals surface area contributed by atoms with Crippen LogP contribution in [0, 0.1) is 0 Å². The molecule has 0 spiro atoms. The lowest BCUT2D eigenvalue weighted by Gasteiger charge is -1.95. The summed E-state index contributed by atoms with van der Waals surface area (Å²) in [4.78, 5) is 10.2. The molecule has 2 N–H and O–H groups in total. The third-order valence-corrected chi connectivity index (χ3v) is 1.61. The van der Waals surface area contributed by atoms with Gasteiger partial charge in [-0.25, -0.2) is 0 Å². The monoisotopic (exact) mass is 246 g/mol. The average molecular weight is 247 g/mol. The predicted octanol–water partition coefficient (Wildman–Crippen LogP) is 1.97. The Kier molecular flexibility index (Phi) is 6.18. The van der Waals surface area contributed by atoms with Crippen molar-refractivity contribution in [2.75, 3.05) is 6.61 Å². The number of phenolic OH excluding ortho intramolecular Hbond substituents is 1. The van der Waals surface area contributed by atoms with E-state index in [1.807, 2.05) is 0 Å². The fourth-order valence-corrected chi connectivity index (χ4v) is 0.999. The van der Waals surface area contributed by atoms with Crippen LogP contribution in [-0.4, -0.2) is 23.1 Å². The molecule has 0 saturated heterocycles. The molecule has 0 aliphatic rings. The topological polar surface area (TPSA) is 57.5 Å². The van der Waals surface area contributed by atoms with E-state index in [-0.39, 0.29) is 12.4 Å². The number of rotatable bonds is 1. The number of carbonyl (C=O) groups is 1. The van der Waals surface area contributed by atoms with Gasteiger partial charge in [0.25, 0.3) is 0 Å². The van der Waals surface area contributed by atoms with Gasteiger partial charge in [-0.3, -0.25) is 4.79 Å². The van der Waals surface area contributed by atoms with Crippen molar-refractivity contribution in [3.8, 4) is 5.75 Å². The maximum Gasteiger partial charge on any atom is 0.153 e. The van der Waals surface area contributed by atoms with Crippen molar-refractivity contribution in [2.24, 2.45) is 0 Å². The summed E-state index contributed by atoms with van der Waals surface area (Å²) in [5.74, 6) is 0.0122. The molecule has 4 heteroatoms. The van der Waals surface area contributed by atoms with Crippen LogP contribution in [0.5, 0.6) is 5.75 Å². The molecule has 0 aliphatic carbocycles. The van der Waals surface area contributed by atoms with Crippen molar-refractivity contribution in [1.82, 2.24) is 0 Å². The first-order valence-electron chi connectivity index (χ1n) is 3.70. The summed E-state index contributed by atoms with van der Waals surface area (Å²) >= 11 is 3.17. The fourth-order valence-electron chi connectivity index (χ4n) is 0.620. The standard InChI is InChI=1S/C7H5BrO2.C2H6O/c8-6-1-2-7(10)5(3-6)4-9;1-2-3/h1-4,10H;3H,2H2,1H3. The summed E-state index contributed by atoms with van der Waals surface area (Å²) in [6.07, 6.45) is 0.611. The molecular formula is C9H11BrO3. The number of carbonyl (C=O) groups excluding carboxylic acids is 1. The zero-order valence-corrected chi connectivity index (χ0v) is 8.78. The average Bonchev–Trinajstić information content (AvgIpc) is 2.10. The Hall–Kier alpha value is -0.870. The number of aromatic hydroxyl groups is 1. The van der Waals surface area contributed by atoms with Crippen molar-refractivity contribution in [1.29, 1.82) is 0 Å². The lowest BCUT2D eigenvalue weighted by atomic mass is 10.2. The van der Waals surface area contributed by atoms with Gasteiger partial charge < -0.3 is 10.2 Å². The summed E-state index contributed by atoms with van der Waals surface area (Å²) in [6.45, 7) is 1.93. The van der Waals surface area contributed by atoms with Crippen LogP contribution in [0.25, 0.3) is 0 Å². The third kappa shape index (κ3) is 4.65. The minimum atomic E-state index is 0.0122. The quantitative estimate of drug-likeness (QED) is 0.746. The molecule has 0 saturated carbocycles. The van der Waals surface area contributed by atoms with E-state index in [2.05, 4.69) is 15.9 Å². The van der Waals surface area contributed by atoms with Gasteiger partial charge >= 0.3 is 0 Å². The second kappa shape index (κ2) is 6.62. The van der Waals surface area contributed by atoms with Gasteiger partial charge in [-0.15, -0.1) is 0 Å². The lowest BCUT2D eigenvalue weighted by Crippen LogP contribution is -1.79. The van der Waals surface area contributed by atoms with E-state index in [1.165, 1.54) is 6.07 Å². The molecule has 1 aromatic carbocycles. The molecule has 0 radical (unpaired) electrons. The molecule has 1 aromatic rings. The Morgan fingerprint density at radius 1 is 1.54 bits per heavy atom. The number of phenols is 1. The Morgan fingerprint density at radius 3 is 2.46 bits per heavy atom. The molecule has 72 valence electrons. The normalized spacial score (nSPS) is 8.54. The minimum absolute atomic E-state index is 0.0122. The van der Waals surface area contributed by atoms with Crippen molar-refractivity contribution >= 4 is 22.2 Å². The summed E-state index contributed by atoms with van der Waals surface area (Å²) in [7, 11) is 0. The molecule has 0 heterocycles. The number of hydrogen-bond donors (Lipinski definition) is 2. The van der Waals surface area contributed by atoms with E-state index in [0.717, 1.165) is 4.47 Å². The molecule has 0 amide bonds. The first-order valence-corrected chi connectivity index (χ1v) is 4.49. The number of benzene rings is 1. The van der Waals surface area contributed by atoms with Gasteiger partial charge in [-0.05, 0) is 25.1 Å². The Labute approximate surface area is 85.1 Å². The third-order valence-electron chi connectivity index (χ3n) is 1.12. The van der Waals surface area contributed by atoms with Crippen molar-refractivity contribution in [3.05, 3.63) is 28.2 Å². The zero-order chi connectivity index (χ0) is 10.3. The summed E-state index contributed by atoms with van der Waals surface area (Å²) in [6, 6.07) is 4.69. The van der Waals surface area contributed by atoms with Crippen LogP contribution < -0.4 is 0 Å². The number of aliphatic hydroxyl groups excluding tert-OH is 1. The molecule has 0 fully saturated rings. The highest BCUT2D eigenvalue weighted by Gasteiger charge is 1.97. The van der Waals surface area contributed by atoms with Crippen molar-refractivity contribution in [2.45, 2.75) is 6.92 Å². The van der Waals surface area contributed by atoms with Crippen molar-refractivity contribution < 1.29 is 15.0 Å². The van der Waals surface area contributed by atoms with Gasteiger partial charge in [0, 0.05) is 11.1 Å². The molecular weight excluding hydrogens is 236 g/mol. The van der Waals surface area contributed by atoms with E-state index >= 15 is 0 Å². The molecule has 1 rings (SSSR count). The molecule has 0 atom stereocenters. The van der Waals surface area contributed by atoms with Gasteiger partial charge in [-0.2, -0.15) is 0 Å². The van der Waals surface area contributed by atoms with Crippen LogP contribution in [-0.2, 0) is 0 Å². The largest absolute Gasteiger partial charge is 0.507 e. The second-order valence-electron chi connectivity index (χ2n) is 2.14. The lowest BCUT2D eigenvalue weighted by molar-refractivity contribution is 0.112. The van der Waals surface area contributed by atoms with Gasteiger partial charge in [0.05, 0.1) is 5.56 Å². The highest BCUT2D eigenvalue weighted by Crippen LogP contribution is 2.19. The number of hydrogen-bond acceptors (Lipinski definition) is 3. The number of aliphatic hydroxyl groups is 1. The number of halogens is 1. The van der Waals surface area contributed by atoms with Crippen molar-refractivity contribution in [3.63, 3.8) is 0 Å². The highest BCUT2D eigenvalue weighted by atomic mass is 79.9. The van der Waals surface area contributed by atoms with Gasteiger partial charge in [0.2, 0.25) is 0 Å². The van der Waals surface area contributed by atoms with E-state index < -0.39 is 0 Å². The van der Waals surface area contributed by atoms with Crippen LogP contribution in [0.15, 0.2) is 22.7 Å². The Balaban J connectivity index is 0.000000424. The van der Waals surface area contributed by atoms with Crippen LogP contribution in [0.3, 0.4) is 0 Å². The Bertz CT molecular complexity index is 274. The Morgan fingerprint density at radius 2 is 2.08 bits per heavy atom. The van der Waals surface area contributed by atoms with Crippen LogP contribution in [0.2, 0.25) is 0 Å².